The number of rotatable bonds is 5. The van der Waals surface area contributed by atoms with E-state index in [0.29, 0.717) is 11.0 Å². The van der Waals surface area contributed by atoms with Crippen molar-refractivity contribution in [2.45, 2.75) is 32.0 Å². The molecule has 0 aliphatic heterocycles. The van der Waals surface area contributed by atoms with Crippen LogP contribution in [0.2, 0.25) is 0 Å². The van der Waals surface area contributed by atoms with Crippen molar-refractivity contribution in [1.29, 1.82) is 0 Å². The molecule has 7 heteroatoms. The van der Waals surface area contributed by atoms with E-state index in [-0.39, 0.29) is 11.8 Å². The standard InChI is InChI=1S/C13H16N4O2S/c1-8(2)17-12(11-9(3)5-4-6-14-11)15-16-13(17)20-7-10(18)19/h4-6,8H,7H2,1-3H3,(H,18,19). The number of carboxylic acid groups (broad SMARTS) is 1. The zero-order valence-electron chi connectivity index (χ0n) is 11.6. The zero-order chi connectivity index (χ0) is 14.7. The highest BCUT2D eigenvalue weighted by molar-refractivity contribution is 7.99. The number of hydrogen-bond acceptors (Lipinski definition) is 5. The molecular weight excluding hydrogens is 276 g/mol. The molecule has 0 saturated carbocycles. The van der Waals surface area contributed by atoms with Crippen molar-refractivity contribution < 1.29 is 9.90 Å². The number of hydrogen-bond donors (Lipinski definition) is 1. The molecule has 0 amide bonds. The van der Waals surface area contributed by atoms with Crippen LogP contribution in [0.5, 0.6) is 0 Å². The van der Waals surface area contributed by atoms with Crippen LogP contribution in [0.15, 0.2) is 23.5 Å². The summed E-state index contributed by atoms with van der Waals surface area (Å²) in [5, 5.41) is 17.7. The van der Waals surface area contributed by atoms with Crippen LogP contribution in [0.4, 0.5) is 0 Å². The van der Waals surface area contributed by atoms with Crippen LogP contribution in [0, 0.1) is 6.92 Å². The molecule has 0 spiro atoms. The Hall–Kier alpha value is -1.89. The van der Waals surface area contributed by atoms with Gasteiger partial charge in [-0.15, -0.1) is 10.2 Å². The van der Waals surface area contributed by atoms with E-state index in [2.05, 4.69) is 15.2 Å². The molecule has 6 nitrogen and oxygen atoms in total. The fourth-order valence-corrected chi connectivity index (χ4v) is 2.64. The van der Waals surface area contributed by atoms with Gasteiger partial charge in [-0.05, 0) is 32.4 Å². The van der Waals surface area contributed by atoms with Crippen molar-refractivity contribution >= 4 is 17.7 Å². The Morgan fingerprint density at radius 2 is 2.20 bits per heavy atom. The first-order chi connectivity index (χ1) is 9.50. The van der Waals surface area contributed by atoms with Crippen LogP contribution >= 0.6 is 11.8 Å². The minimum atomic E-state index is -0.871. The quantitative estimate of drug-likeness (QED) is 0.852. The number of nitrogens with zero attached hydrogens (tertiary/aromatic N) is 4. The van der Waals surface area contributed by atoms with Gasteiger partial charge < -0.3 is 5.11 Å². The lowest BCUT2D eigenvalue weighted by Gasteiger charge is -2.13. The van der Waals surface area contributed by atoms with Crippen LogP contribution in [0.1, 0.15) is 25.5 Å². The normalized spacial score (nSPS) is 11.0. The van der Waals surface area contributed by atoms with E-state index in [1.165, 1.54) is 11.8 Å². The Morgan fingerprint density at radius 3 is 2.80 bits per heavy atom. The first kappa shape index (κ1) is 14.5. The maximum atomic E-state index is 10.7. The Morgan fingerprint density at radius 1 is 1.45 bits per heavy atom. The van der Waals surface area contributed by atoms with E-state index in [0.717, 1.165) is 11.3 Å². The van der Waals surface area contributed by atoms with Crippen molar-refractivity contribution in [2.75, 3.05) is 5.75 Å². The number of pyridine rings is 1. The fraction of sp³-hybridized carbons (Fsp3) is 0.385. The third-order valence-electron chi connectivity index (χ3n) is 2.73. The first-order valence-corrected chi connectivity index (χ1v) is 7.20. The summed E-state index contributed by atoms with van der Waals surface area (Å²) in [5.41, 5.74) is 1.78. The van der Waals surface area contributed by atoms with Crippen LogP contribution < -0.4 is 0 Å². The molecular formula is C13H16N4O2S. The largest absolute Gasteiger partial charge is 0.481 e. The lowest BCUT2D eigenvalue weighted by molar-refractivity contribution is -0.133. The second-order valence-corrected chi connectivity index (χ2v) is 5.56. The molecule has 0 aliphatic carbocycles. The molecule has 20 heavy (non-hydrogen) atoms. The lowest BCUT2D eigenvalue weighted by atomic mass is 10.2. The molecule has 0 atom stereocenters. The van der Waals surface area contributed by atoms with Crippen molar-refractivity contribution in [3.63, 3.8) is 0 Å². The summed E-state index contributed by atoms with van der Waals surface area (Å²) in [6.45, 7) is 5.98. The molecule has 0 aliphatic rings. The van der Waals surface area contributed by atoms with E-state index >= 15 is 0 Å². The van der Waals surface area contributed by atoms with Gasteiger partial charge in [-0.3, -0.25) is 14.3 Å². The Bertz CT molecular complexity index is 625. The third-order valence-corrected chi connectivity index (χ3v) is 3.65. The fourth-order valence-electron chi connectivity index (χ4n) is 1.85. The minimum absolute atomic E-state index is 0.0357. The molecule has 2 heterocycles. The molecule has 1 N–H and O–H groups in total. The third kappa shape index (κ3) is 2.98. The first-order valence-electron chi connectivity index (χ1n) is 6.22. The Balaban J connectivity index is 2.44. The van der Waals surface area contributed by atoms with Crippen molar-refractivity contribution in [3.05, 3.63) is 23.9 Å². The molecule has 2 rings (SSSR count). The van der Waals surface area contributed by atoms with Crippen LogP contribution in [0.25, 0.3) is 11.5 Å². The second kappa shape index (κ2) is 6.04. The molecule has 0 bridgehead atoms. The van der Waals surface area contributed by atoms with E-state index in [9.17, 15) is 4.79 Å². The van der Waals surface area contributed by atoms with Gasteiger partial charge in [-0.2, -0.15) is 0 Å². The molecule has 0 fully saturated rings. The van der Waals surface area contributed by atoms with E-state index in [4.69, 9.17) is 5.11 Å². The molecule has 2 aromatic heterocycles. The Kier molecular flexibility index (Phi) is 4.39. The summed E-state index contributed by atoms with van der Waals surface area (Å²) in [6, 6.07) is 3.96. The van der Waals surface area contributed by atoms with Crippen LogP contribution in [-0.4, -0.2) is 36.6 Å². The maximum absolute atomic E-state index is 10.7. The maximum Gasteiger partial charge on any atom is 0.313 e. The molecule has 0 radical (unpaired) electrons. The minimum Gasteiger partial charge on any atom is -0.481 e. The van der Waals surface area contributed by atoms with Crippen molar-refractivity contribution in [1.82, 2.24) is 19.7 Å². The summed E-state index contributed by atoms with van der Waals surface area (Å²) < 4.78 is 1.92. The highest BCUT2D eigenvalue weighted by atomic mass is 32.2. The average Bonchev–Trinajstić information content (AvgIpc) is 2.80. The highest BCUT2D eigenvalue weighted by Gasteiger charge is 2.19. The van der Waals surface area contributed by atoms with Gasteiger partial charge in [0.15, 0.2) is 11.0 Å². The summed E-state index contributed by atoms with van der Waals surface area (Å²) in [5.74, 6) is -0.235. The predicted molar refractivity (Wildman–Crippen MR) is 76.7 cm³/mol. The second-order valence-electron chi connectivity index (χ2n) is 4.62. The van der Waals surface area contributed by atoms with E-state index < -0.39 is 5.97 Å². The Labute approximate surface area is 121 Å². The smallest absolute Gasteiger partial charge is 0.313 e. The van der Waals surface area contributed by atoms with Crippen LogP contribution in [0.3, 0.4) is 0 Å². The van der Waals surface area contributed by atoms with Crippen LogP contribution in [-0.2, 0) is 4.79 Å². The number of aliphatic carboxylic acids is 1. The summed E-state index contributed by atoms with van der Waals surface area (Å²) in [4.78, 5) is 15.0. The van der Waals surface area contributed by atoms with E-state index in [1.54, 1.807) is 6.20 Å². The summed E-state index contributed by atoms with van der Waals surface area (Å²) in [7, 11) is 0. The number of carboxylic acids is 1. The van der Waals surface area contributed by atoms with E-state index in [1.807, 2.05) is 37.5 Å². The number of aryl methyl sites for hydroxylation is 1. The number of carbonyl (C=O) groups is 1. The SMILES string of the molecule is Cc1cccnc1-c1nnc(SCC(=O)O)n1C(C)C. The van der Waals surface area contributed by atoms with Crippen molar-refractivity contribution in [2.24, 2.45) is 0 Å². The monoisotopic (exact) mass is 292 g/mol. The number of thioether (sulfide) groups is 1. The average molecular weight is 292 g/mol. The molecule has 0 aromatic carbocycles. The topological polar surface area (TPSA) is 80.9 Å². The number of aromatic nitrogens is 4. The molecule has 106 valence electrons. The molecule has 2 aromatic rings. The molecule has 0 saturated heterocycles. The van der Waals surface area contributed by atoms with Gasteiger partial charge in [0.05, 0.1) is 5.75 Å². The van der Waals surface area contributed by atoms with Crippen molar-refractivity contribution in [3.8, 4) is 11.5 Å². The summed E-state index contributed by atoms with van der Waals surface area (Å²) in [6.07, 6.45) is 1.71. The van der Waals surface area contributed by atoms with Gasteiger partial charge in [0.2, 0.25) is 0 Å². The summed E-state index contributed by atoms with van der Waals surface area (Å²) >= 11 is 1.17. The predicted octanol–water partition coefficient (Wildman–Crippen LogP) is 2.41. The van der Waals surface area contributed by atoms with Gasteiger partial charge in [-0.25, -0.2) is 0 Å². The van der Waals surface area contributed by atoms with Gasteiger partial charge in [0.1, 0.15) is 5.69 Å². The molecule has 0 unspecified atom stereocenters. The van der Waals surface area contributed by atoms with Gasteiger partial charge in [-0.1, -0.05) is 17.8 Å². The van der Waals surface area contributed by atoms with Gasteiger partial charge in [0, 0.05) is 12.2 Å². The van der Waals surface area contributed by atoms with Gasteiger partial charge in [0.25, 0.3) is 0 Å². The lowest BCUT2D eigenvalue weighted by Crippen LogP contribution is -2.08. The highest BCUT2D eigenvalue weighted by Crippen LogP contribution is 2.27. The van der Waals surface area contributed by atoms with Gasteiger partial charge >= 0.3 is 5.97 Å². The zero-order valence-corrected chi connectivity index (χ0v) is 12.4.